The van der Waals surface area contributed by atoms with Gasteiger partial charge in [0.15, 0.2) is 80.9 Å². The Kier molecular flexibility index (Phi) is 5.70. The van der Waals surface area contributed by atoms with E-state index in [1.807, 2.05) is 0 Å². The van der Waals surface area contributed by atoms with Crippen molar-refractivity contribution in [3.05, 3.63) is 47.0 Å². The van der Waals surface area contributed by atoms with E-state index in [0.29, 0.717) is 0 Å². The Morgan fingerprint density at radius 2 is 0.559 bits per heavy atom. The minimum Gasteiger partial charge on any atom is -0.504 e. The van der Waals surface area contributed by atoms with E-state index in [1.165, 1.54) is 0 Å². The number of phenolic OH excluding ortho intramolecular Hbond substituents is 8. The molecule has 0 bridgehead atoms. The van der Waals surface area contributed by atoms with E-state index >= 15 is 0 Å². The predicted molar refractivity (Wildman–Crippen MR) is 101 cm³/mol. The van der Waals surface area contributed by atoms with Gasteiger partial charge in [0.25, 0.3) is 0 Å². The molecule has 0 aliphatic carbocycles. The van der Waals surface area contributed by atoms with Crippen LogP contribution in [0.2, 0.25) is 0 Å². The lowest BCUT2D eigenvalue weighted by Crippen LogP contribution is -1.96. The summed E-state index contributed by atoms with van der Waals surface area (Å²) in [4.78, 5) is 0. The molecule has 8 N–H and O–H groups in total. The average Bonchev–Trinajstić information content (AvgIpc) is 2.81. The number of hydrogen-bond acceptors (Lipinski definition) is 8. The second-order valence-electron chi connectivity index (χ2n) is 6.61. The molecule has 14 heteroatoms. The molecular formula is C20H10F6O8. The van der Waals surface area contributed by atoms with Crippen LogP contribution in [0.1, 0.15) is 0 Å². The number of rotatable bonds is 0. The molecule has 0 amide bonds. The molecule has 8 nitrogen and oxygen atoms in total. The zero-order valence-corrected chi connectivity index (χ0v) is 16.0. The maximum Gasteiger partial charge on any atom is 0.197 e. The molecule has 34 heavy (non-hydrogen) atoms. The van der Waals surface area contributed by atoms with Gasteiger partial charge in [0.05, 0.1) is 10.8 Å². The molecular weight excluding hydrogens is 482 g/mol. The predicted octanol–water partition coefficient (Wildman–Crippen LogP) is 4.16. The number of benzene rings is 4. The van der Waals surface area contributed by atoms with Crippen LogP contribution in [0.5, 0.6) is 46.0 Å². The van der Waals surface area contributed by atoms with Crippen LogP contribution in [0.15, 0.2) is 12.1 Å². The second-order valence-corrected chi connectivity index (χ2v) is 6.61. The fourth-order valence-corrected chi connectivity index (χ4v) is 2.92. The highest BCUT2D eigenvalue weighted by atomic mass is 19.2. The number of phenols is 8. The first kappa shape index (κ1) is 24.0. The Hall–Kier alpha value is -4.62. The number of hydrogen-bond donors (Lipinski definition) is 8. The molecule has 0 radical (unpaired) electrons. The van der Waals surface area contributed by atoms with Crippen molar-refractivity contribution in [3.8, 4) is 46.0 Å². The van der Waals surface area contributed by atoms with Crippen LogP contribution in [0, 0.1) is 34.9 Å². The van der Waals surface area contributed by atoms with Gasteiger partial charge in [-0.15, -0.1) is 0 Å². The van der Waals surface area contributed by atoms with Crippen molar-refractivity contribution < 1.29 is 67.2 Å². The molecule has 0 spiro atoms. The Balaban J connectivity index is 0.000000192. The van der Waals surface area contributed by atoms with E-state index in [2.05, 4.69) is 0 Å². The van der Waals surface area contributed by atoms with Crippen molar-refractivity contribution in [2.75, 3.05) is 0 Å². The first-order chi connectivity index (χ1) is 15.7. The van der Waals surface area contributed by atoms with E-state index in [9.17, 15) is 26.3 Å². The molecule has 0 heterocycles. The van der Waals surface area contributed by atoms with E-state index in [4.69, 9.17) is 40.9 Å². The molecule has 0 unspecified atom stereocenters. The lowest BCUT2D eigenvalue weighted by molar-refractivity contribution is 0.351. The summed E-state index contributed by atoms with van der Waals surface area (Å²) in [6.45, 7) is 0. The fourth-order valence-electron chi connectivity index (χ4n) is 2.92. The summed E-state index contributed by atoms with van der Waals surface area (Å²) in [7, 11) is 0. The van der Waals surface area contributed by atoms with Crippen LogP contribution in [0.4, 0.5) is 26.3 Å². The Labute approximate surface area is 182 Å². The van der Waals surface area contributed by atoms with Crippen molar-refractivity contribution in [3.63, 3.8) is 0 Å². The van der Waals surface area contributed by atoms with Gasteiger partial charge in [-0.2, -0.15) is 0 Å². The van der Waals surface area contributed by atoms with Crippen molar-refractivity contribution >= 4 is 21.5 Å². The largest absolute Gasteiger partial charge is 0.504 e. The number of halogens is 6. The minimum atomic E-state index is -1.87. The molecule has 0 aromatic heterocycles. The van der Waals surface area contributed by atoms with Gasteiger partial charge in [0.1, 0.15) is 0 Å². The normalized spacial score (nSPS) is 11.0. The van der Waals surface area contributed by atoms with E-state index in [-0.39, 0.29) is 0 Å². The standard InChI is InChI=1S/C10H4F4O4.C10H6F2O4/c11-3-1-2(5(13)9(17)7(3)15)6(14)10(18)8(16)4(1)12;11-7-3-1-5(13)6(14)2-4(3)8(12)10(16)9(7)15/h15-18H;1-2,13-16H. The van der Waals surface area contributed by atoms with E-state index in [0.717, 1.165) is 12.1 Å². The zero-order valence-electron chi connectivity index (χ0n) is 16.0. The summed E-state index contributed by atoms with van der Waals surface area (Å²) in [6, 6.07) is 1.50. The van der Waals surface area contributed by atoms with Crippen LogP contribution in [-0.4, -0.2) is 40.9 Å². The molecule has 4 rings (SSSR count). The Morgan fingerprint density at radius 3 is 0.794 bits per heavy atom. The highest BCUT2D eigenvalue weighted by molar-refractivity contribution is 5.92. The third-order valence-electron chi connectivity index (χ3n) is 4.64. The molecule has 0 saturated heterocycles. The van der Waals surface area contributed by atoms with Gasteiger partial charge in [0.2, 0.25) is 0 Å². The Bertz CT molecular complexity index is 1340. The summed E-state index contributed by atoms with van der Waals surface area (Å²) in [5.41, 5.74) is 0. The van der Waals surface area contributed by atoms with Gasteiger partial charge in [0, 0.05) is 10.8 Å². The SMILES string of the molecule is Oc1c(O)c(F)c2c(F)c(O)c(O)c(F)c2c1F.Oc1cc2c(F)c(O)c(O)c(F)c2cc1O. The van der Waals surface area contributed by atoms with Gasteiger partial charge in [-0.05, 0) is 12.1 Å². The smallest absolute Gasteiger partial charge is 0.197 e. The minimum absolute atomic E-state index is 0.442. The lowest BCUT2D eigenvalue weighted by atomic mass is 10.1. The topological polar surface area (TPSA) is 162 Å². The molecule has 0 fully saturated rings. The number of aromatic hydroxyl groups is 8. The third-order valence-corrected chi connectivity index (χ3v) is 4.64. The van der Waals surface area contributed by atoms with Crippen molar-refractivity contribution in [2.24, 2.45) is 0 Å². The maximum atomic E-state index is 13.4. The summed E-state index contributed by atoms with van der Waals surface area (Å²) in [5.74, 6) is -20.3. The fraction of sp³-hybridized carbons (Fsp3) is 0. The molecule has 0 aliphatic heterocycles. The van der Waals surface area contributed by atoms with E-state index in [1.54, 1.807) is 0 Å². The van der Waals surface area contributed by atoms with Gasteiger partial charge in [-0.25, -0.2) is 26.3 Å². The lowest BCUT2D eigenvalue weighted by Gasteiger charge is -2.10. The van der Waals surface area contributed by atoms with Gasteiger partial charge in [-0.1, -0.05) is 0 Å². The average molecular weight is 492 g/mol. The van der Waals surface area contributed by atoms with Gasteiger partial charge in [-0.3, -0.25) is 0 Å². The van der Waals surface area contributed by atoms with Crippen molar-refractivity contribution in [1.82, 2.24) is 0 Å². The quantitative estimate of drug-likeness (QED) is 0.134. The van der Waals surface area contributed by atoms with Crippen LogP contribution in [0.3, 0.4) is 0 Å². The molecule has 0 aliphatic rings. The summed E-state index contributed by atoms with van der Waals surface area (Å²) in [6.07, 6.45) is 0. The molecule has 0 saturated carbocycles. The first-order valence-electron chi connectivity index (χ1n) is 8.58. The van der Waals surface area contributed by atoms with Crippen LogP contribution >= 0.6 is 0 Å². The highest BCUT2D eigenvalue weighted by Crippen LogP contribution is 2.45. The zero-order chi connectivity index (χ0) is 25.8. The highest BCUT2D eigenvalue weighted by Gasteiger charge is 2.29. The molecule has 0 atom stereocenters. The van der Waals surface area contributed by atoms with Crippen LogP contribution < -0.4 is 0 Å². The summed E-state index contributed by atoms with van der Waals surface area (Å²) >= 11 is 0. The summed E-state index contributed by atoms with van der Waals surface area (Å²) < 4.78 is 80.4. The number of fused-ring (bicyclic) bond motifs is 2. The second kappa shape index (κ2) is 8.06. The first-order valence-corrected chi connectivity index (χ1v) is 8.58. The van der Waals surface area contributed by atoms with Crippen LogP contribution in [0.25, 0.3) is 21.5 Å². The van der Waals surface area contributed by atoms with E-state index < -0.39 is 102 Å². The third kappa shape index (κ3) is 3.35. The van der Waals surface area contributed by atoms with Crippen molar-refractivity contribution in [2.45, 2.75) is 0 Å². The maximum absolute atomic E-state index is 13.4. The van der Waals surface area contributed by atoms with Crippen molar-refractivity contribution in [1.29, 1.82) is 0 Å². The molecule has 4 aromatic carbocycles. The Morgan fingerprint density at radius 1 is 0.353 bits per heavy atom. The molecule has 4 aromatic rings. The van der Waals surface area contributed by atoms with Crippen LogP contribution in [-0.2, 0) is 0 Å². The monoisotopic (exact) mass is 492 g/mol. The summed E-state index contributed by atoms with van der Waals surface area (Å²) in [5, 5.41) is 68.4. The molecule has 180 valence electrons. The van der Waals surface area contributed by atoms with Gasteiger partial charge >= 0.3 is 0 Å². The van der Waals surface area contributed by atoms with Gasteiger partial charge < -0.3 is 40.9 Å².